The Balaban J connectivity index is 1.62. The molecule has 0 spiro atoms. The van der Waals surface area contributed by atoms with E-state index in [4.69, 9.17) is 0 Å². The van der Waals surface area contributed by atoms with Crippen molar-refractivity contribution in [3.8, 4) is 0 Å². The molecule has 1 atom stereocenters. The van der Waals surface area contributed by atoms with E-state index in [0.29, 0.717) is 6.54 Å². The number of nitrogens with zero attached hydrogens (tertiary/aromatic N) is 2. The Kier molecular flexibility index (Phi) is 6.61. The van der Waals surface area contributed by atoms with Crippen LogP contribution in [0, 0.1) is 5.92 Å². The predicted molar refractivity (Wildman–Crippen MR) is 105 cm³/mol. The van der Waals surface area contributed by atoms with Crippen LogP contribution in [0.25, 0.3) is 0 Å². The summed E-state index contributed by atoms with van der Waals surface area (Å²) < 4.78 is 0. The smallest absolute Gasteiger partial charge is 0.223 e. The van der Waals surface area contributed by atoms with Crippen molar-refractivity contribution < 1.29 is 4.79 Å². The number of amides is 1. The van der Waals surface area contributed by atoms with E-state index >= 15 is 0 Å². The second kappa shape index (κ2) is 9.34. The lowest BCUT2D eigenvalue weighted by Crippen LogP contribution is -2.31. The summed E-state index contributed by atoms with van der Waals surface area (Å²) in [7, 11) is 2.04. The Bertz CT molecular complexity index is 696. The summed E-state index contributed by atoms with van der Waals surface area (Å²) in [5.74, 6) is 1.19. The monoisotopic (exact) mass is 352 g/mol. The Hall–Kier alpha value is -2.40. The van der Waals surface area contributed by atoms with Gasteiger partial charge in [0.15, 0.2) is 0 Å². The molecule has 1 aliphatic heterocycles. The van der Waals surface area contributed by atoms with E-state index in [1.54, 1.807) is 6.20 Å². The van der Waals surface area contributed by atoms with E-state index in [0.717, 1.165) is 50.3 Å². The second-order valence-electron chi connectivity index (χ2n) is 6.92. The fourth-order valence-electron chi connectivity index (χ4n) is 3.45. The zero-order valence-electron chi connectivity index (χ0n) is 15.4. The molecule has 0 aliphatic carbocycles. The maximum absolute atomic E-state index is 12.5. The lowest BCUT2D eigenvalue weighted by Gasteiger charge is -2.22. The summed E-state index contributed by atoms with van der Waals surface area (Å²) in [4.78, 5) is 19.2. The van der Waals surface area contributed by atoms with E-state index in [2.05, 4.69) is 32.7 Å². The molecule has 0 unspecified atom stereocenters. The highest BCUT2D eigenvalue weighted by Crippen LogP contribution is 2.19. The molecule has 2 N–H and O–H groups in total. The highest BCUT2D eigenvalue weighted by Gasteiger charge is 2.20. The summed E-state index contributed by atoms with van der Waals surface area (Å²) >= 11 is 0. The van der Waals surface area contributed by atoms with E-state index in [9.17, 15) is 4.79 Å². The molecule has 1 aromatic carbocycles. The third-order valence-electron chi connectivity index (χ3n) is 4.89. The van der Waals surface area contributed by atoms with Crippen LogP contribution in [-0.4, -0.2) is 31.0 Å². The molecule has 0 bridgehead atoms. The van der Waals surface area contributed by atoms with Crippen molar-refractivity contribution in [1.29, 1.82) is 0 Å². The lowest BCUT2D eigenvalue weighted by atomic mass is 10.00. The van der Waals surface area contributed by atoms with Crippen LogP contribution >= 0.6 is 0 Å². The van der Waals surface area contributed by atoms with E-state index in [-0.39, 0.29) is 11.8 Å². The van der Waals surface area contributed by atoms with E-state index in [1.807, 2.05) is 37.4 Å². The van der Waals surface area contributed by atoms with Crippen molar-refractivity contribution in [2.75, 3.05) is 25.0 Å². The minimum absolute atomic E-state index is 0.118. The fraction of sp³-hybridized carbons (Fsp3) is 0.429. The van der Waals surface area contributed by atoms with Crippen molar-refractivity contribution >= 4 is 11.7 Å². The first-order valence-corrected chi connectivity index (χ1v) is 9.41. The Morgan fingerprint density at radius 2 is 2.04 bits per heavy atom. The summed E-state index contributed by atoms with van der Waals surface area (Å²) in [6, 6.07) is 14.3. The van der Waals surface area contributed by atoms with Gasteiger partial charge >= 0.3 is 0 Å². The van der Waals surface area contributed by atoms with Crippen LogP contribution in [-0.2, 0) is 17.9 Å². The fourth-order valence-corrected chi connectivity index (χ4v) is 3.45. The van der Waals surface area contributed by atoms with Gasteiger partial charge in [-0.05, 0) is 44.0 Å². The number of benzene rings is 1. The molecular weight excluding hydrogens is 324 g/mol. The second-order valence-corrected chi connectivity index (χ2v) is 6.92. The molecule has 1 saturated heterocycles. The number of carbonyl (C=O) groups is 1. The molecule has 0 saturated carbocycles. The lowest BCUT2D eigenvalue weighted by molar-refractivity contribution is -0.125. The number of aromatic nitrogens is 1. The van der Waals surface area contributed by atoms with Gasteiger partial charge in [0.05, 0.1) is 0 Å². The number of hydrogen-bond acceptors (Lipinski definition) is 4. The summed E-state index contributed by atoms with van der Waals surface area (Å²) in [5, 5.41) is 6.48. The molecule has 1 aromatic heterocycles. The van der Waals surface area contributed by atoms with Crippen LogP contribution in [0.15, 0.2) is 48.7 Å². The molecule has 2 heterocycles. The van der Waals surface area contributed by atoms with Gasteiger partial charge in [-0.3, -0.25) is 4.79 Å². The molecule has 5 nitrogen and oxygen atoms in total. The molecule has 3 rings (SSSR count). The van der Waals surface area contributed by atoms with Gasteiger partial charge in [0, 0.05) is 37.8 Å². The largest absolute Gasteiger partial charge is 0.355 e. The highest BCUT2D eigenvalue weighted by atomic mass is 16.1. The highest BCUT2D eigenvalue weighted by molar-refractivity contribution is 5.78. The van der Waals surface area contributed by atoms with Crippen LogP contribution in [0.5, 0.6) is 0 Å². The molecule has 1 amide bonds. The average Bonchev–Trinajstić information content (AvgIpc) is 2.97. The first-order chi connectivity index (χ1) is 12.7. The molecular formula is C21H28N4O. The first-order valence-electron chi connectivity index (χ1n) is 9.41. The number of anilines is 1. The van der Waals surface area contributed by atoms with Gasteiger partial charge in [0.1, 0.15) is 5.82 Å². The van der Waals surface area contributed by atoms with Gasteiger partial charge in [0.2, 0.25) is 5.91 Å². The summed E-state index contributed by atoms with van der Waals surface area (Å²) in [6.45, 7) is 3.25. The normalized spacial score (nSPS) is 17.3. The van der Waals surface area contributed by atoms with E-state index < -0.39 is 0 Å². The zero-order chi connectivity index (χ0) is 18.2. The maximum atomic E-state index is 12.5. The Morgan fingerprint density at radius 1 is 1.19 bits per heavy atom. The van der Waals surface area contributed by atoms with E-state index in [1.165, 1.54) is 5.56 Å². The van der Waals surface area contributed by atoms with Crippen LogP contribution in [0.4, 0.5) is 5.82 Å². The van der Waals surface area contributed by atoms with Crippen molar-refractivity contribution in [3.05, 3.63) is 59.8 Å². The molecule has 5 heteroatoms. The van der Waals surface area contributed by atoms with Gasteiger partial charge in [-0.1, -0.05) is 36.4 Å². The number of rotatable bonds is 6. The Labute approximate surface area is 155 Å². The number of pyridine rings is 1. The molecule has 26 heavy (non-hydrogen) atoms. The van der Waals surface area contributed by atoms with Gasteiger partial charge in [-0.2, -0.15) is 0 Å². The van der Waals surface area contributed by atoms with Gasteiger partial charge in [0.25, 0.3) is 0 Å². The SMILES string of the molecule is CN(Cc1ccccc1)c1ncccc1CNC(=O)[C@H]1CCCNCC1. The number of carbonyl (C=O) groups excluding carboxylic acids is 1. The van der Waals surface area contributed by atoms with Gasteiger partial charge in [-0.15, -0.1) is 0 Å². The van der Waals surface area contributed by atoms with Gasteiger partial charge in [-0.25, -0.2) is 4.98 Å². The predicted octanol–water partition coefficient (Wildman–Crippen LogP) is 2.72. The topological polar surface area (TPSA) is 57.3 Å². The Morgan fingerprint density at radius 3 is 2.88 bits per heavy atom. The number of nitrogens with one attached hydrogen (secondary N) is 2. The molecule has 2 aromatic rings. The molecule has 138 valence electrons. The quantitative estimate of drug-likeness (QED) is 0.839. The summed E-state index contributed by atoms with van der Waals surface area (Å²) in [5.41, 5.74) is 2.28. The minimum atomic E-state index is 0.118. The molecule has 1 fully saturated rings. The molecule has 0 radical (unpaired) electrons. The third kappa shape index (κ3) is 5.05. The van der Waals surface area contributed by atoms with Gasteiger partial charge < -0.3 is 15.5 Å². The number of hydrogen-bond donors (Lipinski definition) is 2. The standard InChI is InChI=1S/C21H28N4O/c1-25(16-17-7-3-2-4-8-17)20-19(10-6-13-23-20)15-24-21(26)18-9-5-12-22-14-11-18/h2-4,6-8,10,13,18,22H,5,9,11-12,14-16H2,1H3,(H,24,26)/t18-/m0/s1. The van der Waals surface area contributed by atoms with Crippen LogP contribution in [0.3, 0.4) is 0 Å². The maximum Gasteiger partial charge on any atom is 0.223 e. The molecule has 1 aliphatic rings. The zero-order valence-corrected chi connectivity index (χ0v) is 15.4. The average molecular weight is 352 g/mol. The van der Waals surface area contributed by atoms with Crippen molar-refractivity contribution in [3.63, 3.8) is 0 Å². The first kappa shape index (κ1) is 18.4. The minimum Gasteiger partial charge on any atom is -0.355 e. The van der Waals surface area contributed by atoms with Crippen LogP contribution in [0.2, 0.25) is 0 Å². The third-order valence-corrected chi connectivity index (χ3v) is 4.89. The van der Waals surface area contributed by atoms with Crippen molar-refractivity contribution in [1.82, 2.24) is 15.6 Å². The van der Waals surface area contributed by atoms with Crippen LogP contribution in [0.1, 0.15) is 30.4 Å². The van der Waals surface area contributed by atoms with Crippen molar-refractivity contribution in [2.24, 2.45) is 5.92 Å². The summed E-state index contributed by atoms with van der Waals surface area (Å²) in [6.07, 6.45) is 4.75. The van der Waals surface area contributed by atoms with Crippen molar-refractivity contribution in [2.45, 2.75) is 32.4 Å². The van der Waals surface area contributed by atoms with Crippen LogP contribution < -0.4 is 15.5 Å².